The van der Waals surface area contributed by atoms with E-state index in [1.54, 1.807) is 17.1 Å². The first-order valence-corrected chi connectivity index (χ1v) is 5.65. The fourth-order valence-corrected chi connectivity index (χ4v) is 2.11. The van der Waals surface area contributed by atoms with E-state index in [-0.39, 0.29) is 11.9 Å². The van der Waals surface area contributed by atoms with Gasteiger partial charge in [-0.2, -0.15) is 0 Å². The Labute approximate surface area is 94.4 Å². The zero-order valence-corrected chi connectivity index (χ0v) is 9.25. The fraction of sp³-hybridized carbons (Fsp3) is 0.700. The zero-order valence-electron chi connectivity index (χ0n) is 9.25. The first-order chi connectivity index (χ1) is 7.81. The third-order valence-corrected chi connectivity index (χ3v) is 3.00. The smallest absolute Gasteiger partial charge is 0.224 e. The summed E-state index contributed by atoms with van der Waals surface area (Å²) in [5, 5.41) is 7.52. The van der Waals surface area contributed by atoms with Crippen molar-refractivity contribution >= 4 is 5.91 Å². The third-order valence-electron chi connectivity index (χ3n) is 3.00. The van der Waals surface area contributed by atoms with Gasteiger partial charge in [0.2, 0.25) is 5.91 Å². The van der Waals surface area contributed by atoms with Crippen LogP contribution < -0.4 is 5.73 Å². The molecule has 0 aromatic carbocycles. The number of amides is 1. The summed E-state index contributed by atoms with van der Waals surface area (Å²) in [4.78, 5) is 13.8. The van der Waals surface area contributed by atoms with Crippen molar-refractivity contribution < 1.29 is 4.79 Å². The number of rotatable bonds is 4. The summed E-state index contributed by atoms with van der Waals surface area (Å²) in [7, 11) is 0. The molecule has 2 N–H and O–H groups in total. The van der Waals surface area contributed by atoms with Gasteiger partial charge in [0.1, 0.15) is 0 Å². The molecule has 6 heteroatoms. The van der Waals surface area contributed by atoms with Crippen molar-refractivity contribution in [2.45, 2.75) is 31.8 Å². The Morgan fingerprint density at radius 2 is 2.44 bits per heavy atom. The quantitative estimate of drug-likeness (QED) is 0.754. The number of hydrogen-bond acceptors (Lipinski definition) is 4. The first-order valence-electron chi connectivity index (χ1n) is 5.65. The van der Waals surface area contributed by atoms with Gasteiger partial charge in [-0.25, -0.2) is 0 Å². The Kier molecular flexibility index (Phi) is 3.51. The standard InChI is InChI=1S/C10H17N5O/c11-8-9-2-1-5-15(9)10(16)3-6-14-7-4-12-13-14/h4,7,9H,1-3,5-6,8,11H2. The lowest BCUT2D eigenvalue weighted by Gasteiger charge is -2.23. The van der Waals surface area contributed by atoms with Gasteiger partial charge in [0, 0.05) is 31.7 Å². The molecule has 1 aliphatic rings. The molecule has 0 bridgehead atoms. The molecule has 1 aromatic rings. The molecule has 2 heterocycles. The molecule has 0 spiro atoms. The first kappa shape index (κ1) is 11.1. The van der Waals surface area contributed by atoms with Gasteiger partial charge in [-0.1, -0.05) is 5.21 Å². The number of likely N-dealkylation sites (tertiary alicyclic amines) is 1. The monoisotopic (exact) mass is 223 g/mol. The minimum absolute atomic E-state index is 0.170. The third kappa shape index (κ3) is 2.38. The molecule has 0 aliphatic carbocycles. The number of nitrogens with zero attached hydrogens (tertiary/aromatic N) is 4. The van der Waals surface area contributed by atoms with Gasteiger partial charge in [0.05, 0.1) is 12.7 Å². The Bertz CT molecular complexity index is 337. The molecule has 1 saturated heterocycles. The Hall–Kier alpha value is -1.43. The second-order valence-corrected chi connectivity index (χ2v) is 4.04. The molecule has 88 valence electrons. The maximum Gasteiger partial charge on any atom is 0.224 e. The highest BCUT2D eigenvalue weighted by molar-refractivity contribution is 5.76. The normalized spacial score (nSPS) is 20.3. The van der Waals surface area contributed by atoms with E-state index in [9.17, 15) is 4.79 Å². The van der Waals surface area contributed by atoms with Crippen LogP contribution in [0.5, 0.6) is 0 Å². The van der Waals surface area contributed by atoms with Gasteiger partial charge in [-0.05, 0) is 12.8 Å². The van der Waals surface area contributed by atoms with Crippen LogP contribution in [0.4, 0.5) is 0 Å². The lowest BCUT2D eigenvalue weighted by molar-refractivity contribution is -0.132. The minimum Gasteiger partial charge on any atom is -0.338 e. The highest BCUT2D eigenvalue weighted by atomic mass is 16.2. The molecular formula is C10H17N5O. The van der Waals surface area contributed by atoms with Crippen molar-refractivity contribution in [2.75, 3.05) is 13.1 Å². The molecule has 1 fully saturated rings. The van der Waals surface area contributed by atoms with Gasteiger partial charge in [-0.15, -0.1) is 5.10 Å². The van der Waals surface area contributed by atoms with Crippen molar-refractivity contribution in [3.63, 3.8) is 0 Å². The van der Waals surface area contributed by atoms with Crippen LogP contribution in [0, 0.1) is 0 Å². The van der Waals surface area contributed by atoms with Crippen molar-refractivity contribution in [3.8, 4) is 0 Å². The van der Waals surface area contributed by atoms with Crippen LogP contribution in [0.3, 0.4) is 0 Å². The van der Waals surface area contributed by atoms with Crippen molar-refractivity contribution in [1.82, 2.24) is 19.9 Å². The summed E-state index contributed by atoms with van der Waals surface area (Å²) in [6.45, 7) is 2.00. The van der Waals surface area contributed by atoms with Crippen LogP contribution in [0.15, 0.2) is 12.4 Å². The molecule has 1 amide bonds. The van der Waals surface area contributed by atoms with Crippen LogP contribution in [-0.4, -0.2) is 44.9 Å². The molecule has 0 saturated carbocycles. The number of hydrogen-bond donors (Lipinski definition) is 1. The van der Waals surface area contributed by atoms with E-state index in [0.717, 1.165) is 19.4 Å². The summed E-state index contributed by atoms with van der Waals surface area (Å²) in [5.41, 5.74) is 5.63. The summed E-state index contributed by atoms with van der Waals surface area (Å²) >= 11 is 0. The van der Waals surface area contributed by atoms with E-state index in [1.165, 1.54) is 0 Å². The maximum atomic E-state index is 11.9. The van der Waals surface area contributed by atoms with E-state index in [1.807, 2.05) is 4.90 Å². The Morgan fingerprint density at radius 3 is 3.12 bits per heavy atom. The molecule has 1 aliphatic heterocycles. The van der Waals surface area contributed by atoms with E-state index < -0.39 is 0 Å². The van der Waals surface area contributed by atoms with E-state index >= 15 is 0 Å². The van der Waals surface area contributed by atoms with Gasteiger partial charge in [0.15, 0.2) is 0 Å². The second kappa shape index (κ2) is 5.07. The van der Waals surface area contributed by atoms with Crippen LogP contribution in [-0.2, 0) is 11.3 Å². The van der Waals surface area contributed by atoms with E-state index in [4.69, 9.17) is 5.73 Å². The van der Waals surface area contributed by atoms with Gasteiger partial charge in [0.25, 0.3) is 0 Å². The SMILES string of the molecule is NCC1CCCN1C(=O)CCn1ccnn1. The molecule has 16 heavy (non-hydrogen) atoms. The highest BCUT2D eigenvalue weighted by Crippen LogP contribution is 2.17. The van der Waals surface area contributed by atoms with E-state index in [0.29, 0.717) is 19.5 Å². The number of carbonyl (C=O) groups is 1. The topological polar surface area (TPSA) is 77.0 Å². The number of nitrogens with two attached hydrogens (primary N) is 1. The molecule has 6 nitrogen and oxygen atoms in total. The van der Waals surface area contributed by atoms with Crippen LogP contribution in [0.2, 0.25) is 0 Å². The summed E-state index contributed by atoms with van der Waals surface area (Å²) in [6.07, 6.45) is 5.95. The number of aryl methyl sites for hydroxylation is 1. The molecule has 1 aromatic heterocycles. The molecule has 0 radical (unpaired) electrons. The predicted octanol–water partition coefficient (Wildman–Crippen LogP) is -0.382. The summed E-state index contributed by atoms with van der Waals surface area (Å²) < 4.78 is 1.67. The predicted molar refractivity (Wildman–Crippen MR) is 58.4 cm³/mol. The average molecular weight is 223 g/mol. The van der Waals surface area contributed by atoms with Gasteiger partial charge in [-0.3, -0.25) is 9.48 Å². The van der Waals surface area contributed by atoms with E-state index in [2.05, 4.69) is 10.3 Å². The van der Waals surface area contributed by atoms with Gasteiger partial charge >= 0.3 is 0 Å². The summed E-state index contributed by atoms with van der Waals surface area (Å²) in [5.74, 6) is 0.170. The fourth-order valence-electron chi connectivity index (χ4n) is 2.11. The van der Waals surface area contributed by atoms with Gasteiger partial charge < -0.3 is 10.6 Å². The van der Waals surface area contributed by atoms with Crippen LogP contribution >= 0.6 is 0 Å². The highest BCUT2D eigenvalue weighted by Gasteiger charge is 2.26. The molecule has 2 rings (SSSR count). The largest absolute Gasteiger partial charge is 0.338 e. The Balaban J connectivity index is 1.83. The van der Waals surface area contributed by atoms with Crippen molar-refractivity contribution in [1.29, 1.82) is 0 Å². The maximum absolute atomic E-state index is 11.9. The number of carbonyl (C=O) groups excluding carboxylic acids is 1. The number of aromatic nitrogens is 3. The van der Waals surface area contributed by atoms with Crippen LogP contribution in [0.1, 0.15) is 19.3 Å². The lowest BCUT2D eigenvalue weighted by atomic mass is 10.2. The minimum atomic E-state index is 0.170. The molecular weight excluding hydrogens is 206 g/mol. The van der Waals surface area contributed by atoms with Crippen molar-refractivity contribution in [3.05, 3.63) is 12.4 Å². The van der Waals surface area contributed by atoms with Crippen LogP contribution in [0.25, 0.3) is 0 Å². The molecule has 1 unspecified atom stereocenters. The Morgan fingerprint density at radius 1 is 1.56 bits per heavy atom. The summed E-state index contributed by atoms with van der Waals surface area (Å²) in [6, 6.07) is 0.239. The van der Waals surface area contributed by atoms with Crippen molar-refractivity contribution in [2.24, 2.45) is 5.73 Å². The zero-order chi connectivity index (χ0) is 11.4. The second-order valence-electron chi connectivity index (χ2n) is 4.04. The average Bonchev–Trinajstić information content (AvgIpc) is 2.96. The lowest BCUT2D eigenvalue weighted by Crippen LogP contribution is -2.40. The molecule has 1 atom stereocenters.